The summed E-state index contributed by atoms with van der Waals surface area (Å²) in [5, 5.41) is 4.61. The quantitative estimate of drug-likeness (QED) is 0.499. The molecule has 0 heterocycles. The van der Waals surface area contributed by atoms with E-state index in [1.807, 2.05) is 36.4 Å². The highest BCUT2D eigenvalue weighted by Gasteiger charge is 2.01. The molecule has 114 valence electrons. The van der Waals surface area contributed by atoms with Crippen molar-refractivity contribution in [3.63, 3.8) is 0 Å². The van der Waals surface area contributed by atoms with Crippen molar-refractivity contribution in [3.05, 3.63) is 59.1 Å². The minimum absolute atomic E-state index is 0.168. The molecule has 0 atom stereocenters. The number of methoxy groups -OCH3 is 1. The van der Waals surface area contributed by atoms with E-state index in [-0.39, 0.29) is 11.7 Å². The predicted octanol–water partition coefficient (Wildman–Crippen LogP) is 3.59. The second-order valence-corrected chi connectivity index (χ2v) is 5.80. The van der Waals surface area contributed by atoms with Gasteiger partial charge in [0.25, 0.3) is 0 Å². The molecule has 0 aromatic heterocycles. The number of nitrogens with zero attached hydrogens (tertiary/aromatic N) is 1. The van der Waals surface area contributed by atoms with Crippen LogP contribution in [-0.2, 0) is 4.79 Å². The van der Waals surface area contributed by atoms with E-state index in [4.69, 9.17) is 16.3 Å². The minimum atomic E-state index is -0.168. The summed E-state index contributed by atoms with van der Waals surface area (Å²) in [7, 11) is 1.60. The van der Waals surface area contributed by atoms with Crippen molar-refractivity contribution in [1.29, 1.82) is 0 Å². The number of benzene rings is 2. The topological polar surface area (TPSA) is 50.7 Å². The third-order valence-corrected chi connectivity index (χ3v) is 3.94. The second-order valence-electron chi connectivity index (χ2n) is 4.31. The first kappa shape index (κ1) is 16.4. The van der Waals surface area contributed by atoms with Gasteiger partial charge < -0.3 is 4.74 Å². The Bertz CT molecular complexity index is 659. The van der Waals surface area contributed by atoms with Crippen molar-refractivity contribution in [3.8, 4) is 5.75 Å². The lowest BCUT2D eigenvalue weighted by Gasteiger charge is -2.02. The normalized spacial score (nSPS) is 10.6. The number of hydrogen-bond acceptors (Lipinski definition) is 4. The van der Waals surface area contributed by atoms with E-state index < -0.39 is 0 Å². The van der Waals surface area contributed by atoms with Gasteiger partial charge in [-0.2, -0.15) is 5.10 Å². The Kier molecular flexibility index (Phi) is 6.30. The first-order valence-electron chi connectivity index (χ1n) is 6.52. The molecule has 22 heavy (non-hydrogen) atoms. The van der Waals surface area contributed by atoms with Crippen molar-refractivity contribution in [2.45, 2.75) is 4.90 Å². The van der Waals surface area contributed by atoms with Crippen molar-refractivity contribution >= 4 is 35.5 Å². The number of ether oxygens (including phenoxy) is 1. The summed E-state index contributed by atoms with van der Waals surface area (Å²) >= 11 is 7.23. The smallest absolute Gasteiger partial charge is 0.250 e. The van der Waals surface area contributed by atoms with Crippen molar-refractivity contribution in [1.82, 2.24) is 5.43 Å². The molecule has 0 saturated heterocycles. The zero-order valence-corrected chi connectivity index (χ0v) is 13.5. The number of thioether (sulfide) groups is 1. The number of carbonyl (C=O) groups is 1. The first-order chi connectivity index (χ1) is 10.7. The van der Waals surface area contributed by atoms with Gasteiger partial charge in [-0.3, -0.25) is 4.79 Å². The summed E-state index contributed by atoms with van der Waals surface area (Å²) in [6.07, 6.45) is 1.58. The van der Waals surface area contributed by atoms with Gasteiger partial charge in [0.2, 0.25) is 5.91 Å². The van der Waals surface area contributed by atoms with Crippen molar-refractivity contribution in [2.75, 3.05) is 12.9 Å². The predicted molar refractivity (Wildman–Crippen MR) is 90.9 cm³/mol. The Morgan fingerprint density at radius 1 is 1.32 bits per heavy atom. The minimum Gasteiger partial charge on any atom is -0.497 e. The molecule has 1 amide bonds. The van der Waals surface area contributed by atoms with Crippen LogP contribution >= 0.6 is 23.4 Å². The SMILES string of the molecule is COc1cccc(C=NNC(=O)CSc2ccc(Cl)cc2)c1. The zero-order chi connectivity index (χ0) is 15.8. The van der Waals surface area contributed by atoms with E-state index in [2.05, 4.69) is 10.5 Å². The highest BCUT2D eigenvalue weighted by Crippen LogP contribution is 2.19. The molecule has 0 saturated carbocycles. The lowest BCUT2D eigenvalue weighted by molar-refractivity contribution is -0.118. The van der Waals surface area contributed by atoms with Crippen LogP contribution in [0, 0.1) is 0 Å². The van der Waals surface area contributed by atoms with E-state index in [0.717, 1.165) is 16.2 Å². The van der Waals surface area contributed by atoms with Crippen LogP contribution in [0.25, 0.3) is 0 Å². The molecule has 0 aliphatic rings. The molecule has 0 unspecified atom stereocenters. The molecule has 0 bridgehead atoms. The molecule has 1 N–H and O–H groups in total. The van der Waals surface area contributed by atoms with E-state index in [0.29, 0.717) is 5.02 Å². The average Bonchev–Trinajstić information content (AvgIpc) is 2.54. The van der Waals surface area contributed by atoms with Gasteiger partial charge in [-0.25, -0.2) is 5.43 Å². The molecule has 2 aromatic carbocycles. The molecule has 0 aliphatic heterocycles. The third kappa shape index (κ3) is 5.42. The Labute approximate surface area is 138 Å². The van der Waals surface area contributed by atoms with Gasteiger partial charge in [0, 0.05) is 9.92 Å². The Morgan fingerprint density at radius 3 is 2.82 bits per heavy atom. The molecule has 4 nitrogen and oxygen atoms in total. The van der Waals surface area contributed by atoms with Gasteiger partial charge in [0.15, 0.2) is 0 Å². The first-order valence-corrected chi connectivity index (χ1v) is 7.88. The fraction of sp³-hybridized carbons (Fsp3) is 0.125. The van der Waals surface area contributed by atoms with E-state index in [1.54, 1.807) is 25.5 Å². The highest BCUT2D eigenvalue weighted by molar-refractivity contribution is 8.00. The Balaban J connectivity index is 1.79. The maximum Gasteiger partial charge on any atom is 0.250 e. The monoisotopic (exact) mass is 334 g/mol. The molecular weight excluding hydrogens is 320 g/mol. The largest absolute Gasteiger partial charge is 0.497 e. The van der Waals surface area contributed by atoms with Crippen LogP contribution in [-0.4, -0.2) is 25.0 Å². The van der Waals surface area contributed by atoms with Crippen LogP contribution in [0.5, 0.6) is 5.75 Å². The molecular formula is C16H15ClN2O2S. The molecule has 0 aliphatic carbocycles. The number of amides is 1. The van der Waals surface area contributed by atoms with Gasteiger partial charge >= 0.3 is 0 Å². The maximum atomic E-state index is 11.7. The zero-order valence-electron chi connectivity index (χ0n) is 12.0. The second kappa shape index (κ2) is 8.46. The van der Waals surface area contributed by atoms with Crippen molar-refractivity contribution < 1.29 is 9.53 Å². The van der Waals surface area contributed by atoms with Gasteiger partial charge in [-0.05, 0) is 42.0 Å². The standard InChI is InChI=1S/C16H15ClN2O2S/c1-21-14-4-2-3-12(9-14)10-18-19-16(20)11-22-15-7-5-13(17)6-8-15/h2-10H,11H2,1H3,(H,19,20). The number of hydrogen-bond donors (Lipinski definition) is 1. The van der Waals surface area contributed by atoms with E-state index in [9.17, 15) is 4.79 Å². The van der Waals surface area contributed by atoms with E-state index in [1.165, 1.54) is 11.8 Å². The third-order valence-electron chi connectivity index (χ3n) is 2.68. The van der Waals surface area contributed by atoms with Crippen LogP contribution in [0.1, 0.15) is 5.56 Å². The fourth-order valence-corrected chi connectivity index (χ4v) is 2.43. The van der Waals surface area contributed by atoms with Crippen molar-refractivity contribution in [2.24, 2.45) is 5.10 Å². The summed E-state index contributed by atoms with van der Waals surface area (Å²) < 4.78 is 5.12. The summed E-state index contributed by atoms with van der Waals surface area (Å²) in [5.74, 6) is 0.865. The van der Waals surface area contributed by atoms with Crippen LogP contribution in [0.15, 0.2) is 58.5 Å². The van der Waals surface area contributed by atoms with Crippen LogP contribution in [0.3, 0.4) is 0 Å². The fourth-order valence-electron chi connectivity index (χ4n) is 1.61. The molecule has 0 radical (unpaired) electrons. The van der Waals surface area contributed by atoms with Gasteiger partial charge in [0.05, 0.1) is 19.1 Å². The molecule has 2 aromatic rings. The number of nitrogens with one attached hydrogen (secondary N) is 1. The average molecular weight is 335 g/mol. The molecule has 2 rings (SSSR count). The Morgan fingerprint density at radius 2 is 2.09 bits per heavy atom. The number of hydrazone groups is 1. The van der Waals surface area contributed by atoms with Crippen LogP contribution in [0.2, 0.25) is 5.02 Å². The molecule has 6 heteroatoms. The number of rotatable bonds is 6. The molecule has 0 spiro atoms. The van der Waals surface area contributed by atoms with E-state index >= 15 is 0 Å². The van der Waals surface area contributed by atoms with Gasteiger partial charge in [-0.15, -0.1) is 11.8 Å². The summed E-state index contributed by atoms with van der Waals surface area (Å²) in [4.78, 5) is 12.7. The maximum absolute atomic E-state index is 11.7. The number of carbonyl (C=O) groups excluding carboxylic acids is 1. The summed E-state index contributed by atoms with van der Waals surface area (Å²) in [6, 6.07) is 14.8. The van der Waals surface area contributed by atoms with Crippen LogP contribution in [0.4, 0.5) is 0 Å². The Hall–Kier alpha value is -1.98. The van der Waals surface area contributed by atoms with Crippen LogP contribution < -0.4 is 10.2 Å². The summed E-state index contributed by atoms with van der Waals surface area (Å²) in [5.41, 5.74) is 3.34. The number of halogens is 1. The lowest BCUT2D eigenvalue weighted by Crippen LogP contribution is -2.19. The lowest BCUT2D eigenvalue weighted by atomic mass is 10.2. The molecule has 0 fully saturated rings. The van der Waals surface area contributed by atoms with Gasteiger partial charge in [0.1, 0.15) is 5.75 Å². The highest BCUT2D eigenvalue weighted by atomic mass is 35.5. The van der Waals surface area contributed by atoms with Gasteiger partial charge in [-0.1, -0.05) is 23.7 Å². The summed E-state index contributed by atoms with van der Waals surface area (Å²) in [6.45, 7) is 0.